The molecule has 0 aliphatic heterocycles. The summed E-state index contributed by atoms with van der Waals surface area (Å²) >= 11 is 0. The second-order valence-corrected chi connectivity index (χ2v) is 4.62. The summed E-state index contributed by atoms with van der Waals surface area (Å²) in [5.41, 5.74) is 5.69. The molecule has 1 atom stereocenters. The maximum Gasteiger partial charge on any atom is 0.254 e. The van der Waals surface area contributed by atoms with Crippen molar-refractivity contribution in [2.45, 2.75) is 32.7 Å². The van der Waals surface area contributed by atoms with Crippen LogP contribution in [0.5, 0.6) is 0 Å². The standard InChI is InChI=1S/C14H20FN3O2/c1-3-9(2)18-13(19)6-7-17-14(20)11-8-10(16)4-5-12(11)15/h4-5,8-9H,3,6-7,16H2,1-2H3,(H,17,20)(H,18,19). The average molecular weight is 281 g/mol. The fourth-order valence-corrected chi connectivity index (χ4v) is 1.55. The number of benzene rings is 1. The van der Waals surface area contributed by atoms with E-state index in [0.717, 1.165) is 12.5 Å². The van der Waals surface area contributed by atoms with Crippen molar-refractivity contribution in [1.29, 1.82) is 0 Å². The number of carbonyl (C=O) groups is 2. The molecule has 4 N–H and O–H groups in total. The van der Waals surface area contributed by atoms with Crippen LogP contribution in [0.2, 0.25) is 0 Å². The van der Waals surface area contributed by atoms with E-state index in [1.54, 1.807) is 0 Å². The van der Waals surface area contributed by atoms with Gasteiger partial charge in [-0.25, -0.2) is 4.39 Å². The zero-order valence-electron chi connectivity index (χ0n) is 11.7. The lowest BCUT2D eigenvalue weighted by molar-refractivity contribution is -0.121. The second kappa shape index (κ2) is 7.47. The highest BCUT2D eigenvalue weighted by molar-refractivity contribution is 5.95. The van der Waals surface area contributed by atoms with E-state index in [1.807, 2.05) is 13.8 Å². The number of halogens is 1. The van der Waals surface area contributed by atoms with Crippen molar-refractivity contribution >= 4 is 17.5 Å². The number of anilines is 1. The van der Waals surface area contributed by atoms with Crippen molar-refractivity contribution in [2.24, 2.45) is 0 Å². The number of hydrogen-bond acceptors (Lipinski definition) is 3. The molecular weight excluding hydrogens is 261 g/mol. The van der Waals surface area contributed by atoms with Gasteiger partial charge in [-0.05, 0) is 31.5 Å². The van der Waals surface area contributed by atoms with Crippen molar-refractivity contribution in [3.05, 3.63) is 29.6 Å². The smallest absolute Gasteiger partial charge is 0.254 e. The molecule has 0 aromatic heterocycles. The van der Waals surface area contributed by atoms with Gasteiger partial charge in [0.25, 0.3) is 5.91 Å². The van der Waals surface area contributed by atoms with Crippen molar-refractivity contribution in [3.8, 4) is 0 Å². The molecule has 5 nitrogen and oxygen atoms in total. The third kappa shape index (κ3) is 4.87. The fourth-order valence-electron chi connectivity index (χ4n) is 1.55. The molecule has 6 heteroatoms. The minimum Gasteiger partial charge on any atom is -0.399 e. The SMILES string of the molecule is CCC(C)NC(=O)CCNC(=O)c1cc(N)ccc1F. The Bertz CT molecular complexity index is 491. The lowest BCUT2D eigenvalue weighted by Crippen LogP contribution is -2.35. The summed E-state index contributed by atoms with van der Waals surface area (Å²) in [7, 11) is 0. The van der Waals surface area contributed by atoms with Gasteiger partial charge in [0.1, 0.15) is 5.82 Å². The normalized spacial score (nSPS) is 11.8. The van der Waals surface area contributed by atoms with E-state index in [9.17, 15) is 14.0 Å². The number of nitrogen functional groups attached to an aromatic ring is 1. The minimum atomic E-state index is -0.638. The van der Waals surface area contributed by atoms with Gasteiger partial charge in [0.05, 0.1) is 5.56 Å². The van der Waals surface area contributed by atoms with Crippen LogP contribution in [-0.2, 0) is 4.79 Å². The zero-order valence-corrected chi connectivity index (χ0v) is 11.7. The average Bonchev–Trinajstić information content (AvgIpc) is 2.41. The van der Waals surface area contributed by atoms with E-state index in [4.69, 9.17) is 5.73 Å². The van der Waals surface area contributed by atoms with Crippen LogP contribution in [0.3, 0.4) is 0 Å². The topological polar surface area (TPSA) is 84.2 Å². The highest BCUT2D eigenvalue weighted by atomic mass is 19.1. The first-order valence-corrected chi connectivity index (χ1v) is 6.56. The summed E-state index contributed by atoms with van der Waals surface area (Å²) in [5, 5.41) is 5.27. The summed E-state index contributed by atoms with van der Waals surface area (Å²) in [4.78, 5) is 23.2. The van der Waals surface area contributed by atoms with E-state index in [1.165, 1.54) is 12.1 Å². The van der Waals surface area contributed by atoms with Crippen molar-refractivity contribution in [3.63, 3.8) is 0 Å². The van der Waals surface area contributed by atoms with E-state index < -0.39 is 11.7 Å². The van der Waals surface area contributed by atoms with Crippen LogP contribution in [0, 0.1) is 5.82 Å². The number of hydrogen-bond donors (Lipinski definition) is 3. The molecule has 0 radical (unpaired) electrons. The third-order valence-electron chi connectivity index (χ3n) is 2.89. The Kier molecular flexibility index (Phi) is 5.96. The number of nitrogens with one attached hydrogen (secondary N) is 2. The van der Waals surface area contributed by atoms with Crippen LogP contribution in [0.15, 0.2) is 18.2 Å². The molecule has 1 rings (SSSR count). The Morgan fingerprint density at radius 1 is 1.40 bits per heavy atom. The monoisotopic (exact) mass is 281 g/mol. The van der Waals surface area contributed by atoms with Crippen LogP contribution < -0.4 is 16.4 Å². The largest absolute Gasteiger partial charge is 0.399 e. The van der Waals surface area contributed by atoms with E-state index in [0.29, 0.717) is 5.69 Å². The van der Waals surface area contributed by atoms with Crippen molar-refractivity contribution in [2.75, 3.05) is 12.3 Å². The fraction of sp³-hybridized carbons (Fsp3) is 0.429. The molecule has 1 aromatic carbocycles. The van der Waals surface area contributed by atoms with Crippen LogP contribution in [0.4, 0.5) is 10.1 Å². The van der Waals surface area contributed by atoms with E-state index in [2.05, 4.69) is 10.6 Å². The quantitative estimate of drug-likeness (QED) is 0.690. The molecule has 0 saturated carbocycles. The van der Waals surface area contributed by atoms with Crippen LogP contribution in [-0.4, -0.2) is 24.4 Å². The Morgan fingerprint density at radius 3 is 2.75 bits per heavy atom. The lowest BCUT2D eigenvalue weighted by atomic mass is 10.1. The van der Waals surface area contributed by atoms with Gasteiger partial charge in [-0.2, -0.15) is 0 Å². The van der Waals surface area contributed by atoms with Crippen LogP contribution >= 0.6 is 0 Å². The Balaban J connectivity index is 2.44. The first kappa shape index (κ1) is 15.9. The van der Waals surface area contributed by atoms with Gasteiger partial charge in [-0.3, -0.25) is 9.59 Å². The molecule has 1 aromatic rings. The maximum absolute atomic E-state index is 13.4. The Hall–Kier alpha value is -2.11. The minimum absolute atomic E-state index is 0.101. The van der Waals surface area contributed by atoms with Gasteiger partial charge in [0, 0.05) is 24.7 Å². The number of rotatable bonds is 6. The van der Waals surface area contributed by atoms with Gasteiger partial charge in [-0.15, -0.1) is 0 Å². The molecule has 0 aliphatic rings. The molecule has 20 heavy (non-hydrogen) atoms. The molecule has 0 fully saturated rings. The summed E-state index contributed by atoms with van der Waals surface area (Å²) < 4.78 is 13.4. The molecule has 0 heterocycles. The van der Waals surface area contributed by atoms with Gasteiger partial charge in [0.2, 0.25) is 5.91 Å². The van der Waals surface area contributed by atoms with E-state index >= 15 is 0 Å². The zero-order chi connectivity index (χ0) is 15.1. The highest BCUT2D eigenvalue weighted by Crippen LogP contribution is 2.11. The van der Waals surface area contributed by atoms with Gasteiger partial charge < -0.3 is 16.4 Å². The van der Waals surface area contributed by atoms with E-state index in [-0.39, 0.29) is 30.5 Å². The first-order chi connectivity index (χ1) is 9.43. The number of amides is 2. The number of carbonyl (C=O) groups excluding carboxylic acids is 2. The third-order valence-corrected chi connectivity index (χ3v) is 2.89. The van der Waals surface area contributed by atoms with Crippen LogP contribution in [0.25, 0.3) is 0 Å². The van der Waals surface area contributed by atoms with Gasteiger partial charge in [0.15, 0.2) is 0 Å². The molecule has 1 unspecified atom stereocenters. The molecule has 2 amide bonds. The molecule has 0 spiro atoms. The number of nitrogens with two attached hydrogens (primary N) is 1. The van der Waals surface area contributed by atoms with Crippen molar-refractivity contribution < 1.29 is 14.0 Å². The second-order valence-electron chi connectivity index (χ2n) is 4.62. The molecule has 0 bridgehead atoms. The molecule has 0 saturated heterocycles. The predicted molar refractivity (Wildman–Crippen MR) is 75.7 cm³/mol. The molecular formula is C14H20FN3O2. The summed E-state index contributed by atoms with van der Waals surface area (Å²) in [5.74, 6) is -1.36. The van der Waals surface area contributed by atoms with Crippen LogP contribution in [0.1, 0.15) is 37.0 Å². The molecule has 0 aliphatic carbocycles. The predicted octanol–water partition coefficient (Wildman–Crippen LogP) is 1.44. The highest BCUT2D eigenvalue weighted by Gasteiger charge is 2.12. The van der Waals surface area contributed by atoms with Crippen molar-refractivity contribution in [1.82, 2.24) is 10.6 Å². The van der Waals surface area contributed by atoms with Gasteiger partial charge in [-0.1, -0.05) is 6.92 Å². The van der Waals surface area contributed by atoms with Gasteiger partial charge >= 0.3 is 0 Å². The molecule has 110 valence electrons. The lowest BCUT2D eigenvalue weighted by Gasteiger charge is -2.11. The summed E-state index contributed by atoms with van der Waals surface area (Å²) in [6.07, 6.45) is 0.993. The summed E-state index contributed by atoms with van der Waals surface area (Å²) in [6, 6.07) is 3.89. The maximum atomic E-state index is 13.4. The summed E-state index contributed by atoms with van der Waals surface area (Å²) in [6.45, 7) is 4.02. The first-order valence-electron chi connectivity index (χ1n) is 6.56. The Morgan fingerprint density at radius 2 is 2.10 bits per heavy atom. The Labute approximate surface area is 117 Å².